The van der Waals surface area contributed by atoms with Gasteiger partial charge in [0.15, 0.2) is 5.58 Å². The van der Waals surface area contributed by atoms with E-state index in [1.54, 1.807) is 25.1 Å². The van der Waals surface area contributed by atoms with Crippen molar-refractivity contribution in [1.29, 1.82) is 0 Å². The maximum atomic E-state index is 13.6. The molecular formula is C16H15FN2O2. The molecule has 0 radical (unpaired) electrons. The Balaban J connectivity index is 1.86. The number of fused-ring (bicyclic) bond motifs is 1. The minimum Gasteiger partial charge on any atom is -0.408 e. The number of rotatable bonds is 3. The van der Waals surface area contributed by atoms with E-state index in [4.69, 9.17) is 4.42 Å². The van der Waals surface area contributed by atoms with Crippen molar-refractivity contribution in [3.8, 4) is 0 Å². The largest absolute Gasteiger partial charge is 0.417 e. The Morgan fingerprint density at radius 2 is 2.05 bits per heavy atom. The number of aromatic nitrogens is 1. The van der Waals surface area contributed by atoms with E-state index in [-0.39, 0.29) is 11.9 Å². The predicted molar refractivity (Wildman–Crippen MR) is 80.0 cm³/mol. The molecular weight excluding hydrogens is 271 g/mol. The fraction of sp³-hybridized carbons (Fsp3) is 0.188. The van der Waals surface area contributed by atoms with E-state index >= 15 is 0 Å². The van der Waals surface area contributed by atoms with Crippen LogP contribution in [0.25, 0.3) is 11.1 Å². The number of anilines is 1. The van der Waals surface area contributed by atoms with E-state index in [1.807, 2.05) is 19.1 Å². The van der Waals surface area contributed by atoms with E-state index in [9.17, 15) is 9.18 Å². The summed E-state index contributed by atoms with van der Waals surface area (Å²) in [6, 6.07) is 10.5. The molecule has 0 fully saturated rings. The monoisotopic (exact) mass is 286 g/mol. The van der Waals surface area contributed by atoms with Crippen LogP contribution in [-0.4, -0.2) is 4.98 Å². The summed E-state index contributed by atoms with van der Waals surface area (Å²) in [7, 11) is 0. The second kappa shape index (κ2) is 5.09. The number of hydrogen-bond acceptors (Lipinski definition) is 3. The standard InChI is InChI=1S/C16H15FN2O2/c1-9-3-4-11(7-13(9)17)10(2)18-12-5-6-15-14(8-12)19-16(20)21-15/h3-8,10,18H,1-2H3,(H,19,20). The highest BCUT2D eigenvalue weighted by Gasteiger charge is 2.09. The maximum Gasteiger partial charge on any atom is 0.417 e. The summed E-state index contributed by atoms with van der Waals surface area (Å²) in [6.45, 7) is 3.69. The lowest BCUT2D eigenvalue weighted by Gasteiger charge is -2.16. The lowest BCUT2D eigenvalue weighted by atomic mass is 10.1. The van der Waals surface area contributed by atoms with Gasteiger partial charge in [-0.25, -0.2) is 9.18 Å². The minimum absolute atomic E-state index is 0.0591. The van der Waals surface area contributed by atoms with E-state index in [0.717, 1.165) is 11.3 Å². The lowest BCUT2D eigenvalue weighted by Crippen LogP contribution is -2.07. The number of benzene rings is 2. The molecule has 0 aliphatic heterocycles. The summed E-state index contributed by atoms with van der Waals surface area (Å²) in [5.74, 6) is -0.688. The van der Waals surface area contributed by atoms with Gasteiger partial charge in [0.2, 0.25) is 0 Å². The molecule has 0 saturated heterocycles. The number of halogens is 1. The molecule has 2 N–H and O–H groups in total. The molecule has 0 aliphatic carbocycles. The Morgan fingerprint density at radius 1 is 1.24 bits per heavy atom. The van der Waals surface area contributed by atoms with Crippen LogP contribution in [0.4, 0.5) is 10.1 Å². The minimum atomic E-state index is -0.476. The highest BCUT2D eigenvalue weighted by atomic mass is 19.1. The Labute approximate surface area is 120 Å². The van der Waals surface area contributed by atoms with Gasteiger partial charge in [-0.1, -0.05) is 12.1 Å². The average molecular weight is 286 g/mol. The summed E-state index contributed by atoms with van der Waals surface area (Å²) in [6.07, 6.45) is 0. The second-order valence-electron chi connectivity index (χ2n) is 5.10. The summed E-state index contributed by atoms with van der Waals surface area (Å²) in [4.78, 5) is 13.7. The first-order chi connectivity index (χ1) is 10.0. The molecule has 0 saturated carbocycles. The Bertz CT molecular complexity index is 851. The molecule has 0 aliphatic rings. The van der Waals surface area contributed by atoms with Gasteiger partial charge in [-0.15, -0.1) is 0 Å². The van der Waals surface area contributed by atoms with Crippen molar-refractivity contribution in [1.82, 2.24) is 4.98 Å². The van der Waals surface area contributed by atoms with Crippen LogP contribution in [0, 0.1) is 12.7 Å². The first kappa shape index (κ1) is 13.4. The number of hydrogen-bond donors (Lipinski definition) is 2. The molecule has 0 amide bonds. The first-order valence-corrected chi connectivity index (χ1v) is 6.68. The zero-order valence-electron chi connectivity index (χ0n) is 11.7. The van der Waals surface area contributed by atoms with Crippen LogP contribution < -0.4 is 11.1 Å². The quantitative estimate of drug-likeness (QED) is 0.771. The fourth-order valence-electron chi connectivity index (χ4n) is 2.25. The smallest absolute Gasteiger partial charge is 0.408 e. The SMILES string of the molecule is Cc1ccc(C(C)Nc2ccc3oc(=O)[nH]c3c2)cc1F. The van der Waals surface area contributed by atoms with Crippen molar-refractivity contribution in [2.75, 3.05) is 5.32 Å². The molecule has 1 atom stereocenters. The van der Waals surface area contributed by atoms with Gasteiger partial charge in [0.1, 0.15) is 5.82 Å². The van der Waals surface area contributed by atoms with Crippen LogP contribution in [0.15, 0.2) is 45.6 Å². The number of aryl methyl sites for hydroxylation is 1. The third-order valence-electron chi connectivity index (χ3n) is 3.50. The molecule has 108 valence electrons. The van der Waals surface area contributed by atoms with Crippen LogP contribution in [0.2, 0.25) is 0 Å². The fourth-order valence-corrected chi connectivity index (χ4v) is 2.25. The Hall–Kier alpha value is -2.56. The topological polar surface area (TPSA) is 58.0 Å². The molecule has 0 spiro atoms. The van der Waals surface area contributed by atoms with Gasteiger partial charge in [0.25, 0.3) is 0 Å². The van der Waals surface area contributed by atoms with Crippen LogP contribution in [0.1, 0.15) is 24.1 Å². The van der Waals surface area contributed by atoms with Gasteiger partial charge < -0.3 is 9.73 Å². The van der Waals surface area contributed by atoms with Crippen LogP contribution >= 0.6 is 0 Å². The molecule has 5 heteroatoms. The molecule has 2 aromatic carbocycles. The van der Waals surface area contributed by atoms with Gasteiger partial charge in [-0.2, -0.15) is 0 Å². The summed E-state index contributed by atoms with van der Waals surface area (Å²) >= 11 is 0. The lowest BCUT2D eigenvalue weighted by molar-refractivity contribution is 0.555. The molecule has 21 heavy (non-hydrogen) atoms. The molecule has 4 nitrogen and oxygen atoms in total. The molecule has 1 unspecified atom stereocenters. The third-order valence-corrected chi connectivity index (χ3v) is 3.50. The Kier molecular flexibility index (Phi) is 3.25. The highest BCUT2D eigenvalue weighted by molar-refractivity contribution is 5.76. The normalized spacial score (nSPS) is 12.5. The number of H-pyrrole nitrogens is 1. The van der Waals surface area contributed by atoms with Gasteiger partial charge in [-0.05, 0) is 49.2 Å². The summed E-state index contributed by atoms with van der Waals surface area (Å²) in [5.41, 5.74) is 3.46. The number of nitrogens with one attached hydrogen (secondary N) is 2. The van der Waals surface area contributed by atoms with Crippen molar-refractivity contribution in [2.45, 2.75) is 19.9 Å². The van der Waals surface area contributed by atoms with E-state index in [0.29, 0.717) is 16.7 Å². The van der Waals surface area contributed by atoms with E-state index < -0.39 is 5.76 Å². The molecule has 3 rings (SSSR count). The van der Waals surface area contributed by atoms with Crippen molar-refractivity contribution in [2.24, 2.45) is 0 Å². The molecule has 1 heterocycles. The first-order valence-electron chi connectivity index (χ1n) is 6.68. The van der Waals surface area contributed by atoms with Crippen LogP contribution in [0.5, 0.6) is 0 Å². The average Bonchev–Trinajstić information content (AvgIpc) is 2.81. The predicted octanol–water partition coefficient (Wildman–Crippen LogP) is 3.74. The number of oxazole rings is 1. The third kappa shape index (κ3) is 2.67. The van der Waals surface area contributed by atoms with Gasteiger partial charge in [-0.3, -0.25) is 4.98 Å². The van der Waals surface area contributed by atoms with Crippen molar-refractivity contribution < 1.29 is 8.81 Å². The van der Waals surface area contributed by atoms with Crippen LogP contribution in [-0.2, 0) is 0 Å². The molecule has 3 aromatic rings. The van der Waals surface area contributed by atoms with Crippen molar-refractivity contribution in [3.63, 3.8) is 0 Å². The van der Waals surface area contributed by atoms with E-state index in [2.05, 4.69) is 10.3 Å². The van der Waals surface area contributed by atoms with Gasteiger partial charge in [0, 0.05) is 11.7 Å². The maximum absolute atomic E-state index is 13.6. The van der Waals surface area contributed by atoms with Crippen LogP contribution in [0.3, 0.4) is 0 Å². The van der Waals surface area contributed by atoms with Crippen molar-refractivity contribution in [3.05, 3.63) is 63.9 Å². The second-order valence-corrected chi connectivity index (χ2v) is 5.10. The zero-order valence-corrected chi connectivity index (χ0v) is 11.7. The van der Waals surface area contributed by atoms with E-state index in [1.165, 1.54) is 6.07 Å². The van der Waals surface area contributed by atoms with Crippen molar-refractivity contribution >= 4 is 16.8 Å². The van der Waals surface area contributed by atoms with Gasteiger partial charge >= 0.3 is 5.76 Å². The molecule has 0 bridgehead atoms. The number of aromatic amines is 1. The summed E-state index contributed by atoms with van der Waals surface area (Å²) < 4.78 is 18.6. The zero-order chi connectivity index (χ0) is 15.0. The Morgan fingerprint density at radius 3 is 2.81 bits per heavy atom. The van der Waals surface area contributed by atoms with Gasteiger partial charge in [0.05, 0.1) is 5.52 Å². The molecule has 1 aromatic heterocycles. The highest BCUT2D eigenvalue weighted by Crippen LogP contribution is 2.23. The summed E-state index contributed by atoms with van der Waals surface area (Å²) in [5, 5.41) is 3.28.